The standard InChI is InChI=1S/C18H19NO/c1-15(2)19-13-7-9-16-8-6-12-18(14-16)20-17-10-4-3-5-11-17/h3-12,14,19H,1,13H2,2H3/b9-7+. The summed E-state index contributed by atoms with van der Waals surface area (Å²) in [5.41, 5.74) is 2.08. The Bertz CT molecular complexity index is 587. The van der Waals surface area contributed by atoms with Crippen molar-refractivity contribution < 1.29 is 4.74 Å². The predicted molar refractivity (Wildman–Crippen MR) is 84.8 cm³/mol. The fourth-order valence-corrected chi connectivity index (χ4v) is 1.73. The number of ether oxygens (including phenoxy) is 1. The van der Waals surface area contributed by atoms with Crippen LogP contribution in [0.3, 0.4) is 0 Å². The second-order valence-corrected chi connectivity index (χ2v) is 4.55. The van der Waals surface area contributed by atoms with Crippen LogP contribution in [0.2, 0.25) is 0 Å². The maximum absolute atomic E-state index is 5.80. The van der Waals surface area contributed by atoms with Crippen LogP contribution in [0.4, 0.5) is 0 Å². The highest BCUT2D eigenvalue weighted by atomic mass is 16.5. The van der Waals surface area contributed by atoms with Crippen molar-refractivity contribution in [2.45, 2.75) is 6.92 Å². The molecule has 20 heavy (non-hydrogen) atoms. The lowest BCUT2D eigenvalue weighted by molar-refractivity contribution is 0.482. The Morgan fingerprint density at radius 1 is 1.10 bits per heavy atom. The Labute approximate surface area is 120 Å². The first kappa shape index (κ1) is 13.9. The summed E-state index contributed by atoms with van der Waals surface area (Å²) in [5, 5.41) is 3.16. The number of para-hydroxylation sites is 1. The van der Waals surface area contributed by atoms with Crippen LogP contribution in [0, 0.1) is 0 Å². The van der Waals surface area contributed by atoms with Crippen molar-refractivity contribution >= 4 is 6.08 Å². The summed E-state index contributed by atoms with van der Waals surface area (Å²) in [7, 11) is 0. The minimum Gasteiger partial charge on any atom is -0.457 e. The fraction of sp³-hybridized carbons (Fsp3) is 0.111. The minimum absolute atomic E-state index is 0.777. The normalized spacial score (nSPS) is 10.4. The van der Waals surface area contributed by atoms with E-state index >= 15 is 0 Å². The molecule has 0 spiro atoms. The second-order valence-electron chi connectivity index (χ2n) is 4.55. The summed E-state index contributed by atoms with van der Waals surface area (Å²) >= 11 is 0. The van der Waals surface area contributed by atoms with Crippen LogP contribution in [0.25, 0.3) is 6.08 Å². The lowest BCUT2D eigenvalue weighted by Gasteiger charge is -2.06. The van der Waals surface area contributed by atoms with Crippen LogP contribution < -0.4 is 10.1 Å². The van der Waals surface area contributed by atoms with Crippen molar-refractivity contribution in [2.24, 2.45) is 0 Å². The van der Waals surface area contributed by atoms with Gasteiger partial charge in [0.15, 0.2) is 0 Å². The fourth-order valence-electron chi connectivity index (χ4n) is 1.73. The number of benzene rings is 2. The minimum atomic E-state index is 0.777. The highest BCUT2D eigenvalue weighted by molar-refractivity contribution is 5.52. The third kappa shape index (κ3) is 4.65. The first-order chi connectivity index (χ1) is 9.74. The molecule has 0 saturated heterocycles. The van der Waals surface area contributed by atoms with Gasteiger partial charge in [0.05, 0.1) is 0 Å². The highest BCUT2D eigenvalue weighted by Crippen LogP contribution is 2.22. The summed E-state index contributed by atoms with van der Waals surface area (Å²) < 4.78 is 5.80. The van der Waals surface area contributed by atoms with Crippen LogP contribution in [-0.2, 0) is 0 Å². The Balaban J connectivity index is 1.99. The number of hydrogen-bond donors (Lipinski definition) is 1. The molecule has 0 heterocycles. The lowest BCUT2D eigenvalue weighted by Crippen LogP contribution is -2.08. The first-order valence-electron chi connectivity index (χ1n) is 6.63. The molecule has 0 aliphatic carbocycles. The maximum atomic E-state index is 5.80. The van der Waals surface area contributed by atoms with Gasteiger partial charge in [-0.15, -0.1) is 0 Å². The summed E-state index contributed by atoms with van der Waals surface area (Å²) in [6, 6.07) is 17.8. The molecule has 2 rings (SSSR count). The lowest BCUT2D eigenvalue weighted by atomic mass is 10.2. The summed E-state index contributed by atoms with van der Waals surface area (Å²) in [6.07, 6.45) is 4.13. The average molecular weight is 265 g/mol. The van der Waals surface area contributed by atoms with Gasteiger partial charge in [0.1, 0.15) is 11.5 Å². The molecular weight excluding hydrogens is 246 g/mol. The maximum Gasteiger partial charge on any atom is 0.128 e. The Morgan fingerprint density at radius 3 is 2.60 bits per heavy atom. The number of hydrogen-bond acceptors (Lipinski definition) is 2. The van der Waals surface area contributed by atoms with E-state index in [0.717, 1.165) is 29.3 Å². The molecule has 0 unspecified atom stereocenters. The zero-order valence-corrected chi connectivity index (χ0v) is 11.7. The van der Waals surface area contributed by atoms with Gasteiger partial charge >= 0.3 is 0 Å². The van der Waals surface area contributed by atoms with E-state index in [1.54, 1.807) is 0 Å². The van der Waals surface area contributed by atoms with Gasteiger partial charge in [-0.2, -0.15) is 0 Å². The third-order valence-corrected chi connectivity index (χ3v) is 2.67. The van der Waals surface area contributed by atoms with Crippen LogP contribution in [0.5, 0.6) is 11.5 Å². The second kappa shape index (κ2) is 7.19. The molecule has 0 aliphatic heterocycles. The van der Waals surface area contributed by atoms with Crippen molar-refractivity contribution in [3.8, 4) is 11.5 Å². The Morgan fingerprint density at radius 2 is 1.85 bits per heavy atom. The van der Waals surface area contributed by atoms with Gasteiger partial charge in [-0.25, -0.2) is 0 Å². The SMILES string of the molecule is C=C(C)NC/C=C/c1cccc(Oc2ccccc2)c1. The molecule has 1 N–H and O–H groups in total. The Kier molecular flexibility index (Phi) is 5.01. The molecule has 0 aromatic heterocycles. The monoisotopic (exact) mass is 265 g/mol. The Hall–Kier alpha value is -2.48. The topological polar surface area (TPSA) is 21.3 Å². The van der Waals surface area contributed by atoms with Gasteiger partial charge in [0.2, 0.25) is 0 Å². The van der Waals surface area contributed by atoms with E-state index in [0.29, 0.717) is 0 Å². The van der Waals surface area contributed by atoms with E-state index in [1.807, 2.05) is 55.5 Å². The van der Waals surface area contributed by atoms with Crippen LogP contribution in [0.1, 0.15) is 12.5 Å². The van der Waals surface area contributed by atoms with Crippen LogP contribution in [0.15, 0.2) is 72.9 Å². The van der Waals surface area contributed by atoms with Gasteiger partial charge in [0.25, 0.3) is 0 Å². The molecule has 2 nitrogen and oxygen atoms in total. The van der Waals surface area contributed by atoms with Gasteiger partial charge in [-0.05, 0) is 36.8 Å². The molecule has 0 saturated carbocycles. The van der Waals surface area contributed by atoms with E-state index in [2.05, 4.69) is 30.1 Å². The molecular formula is C18H19NO. The van der Waals surface area contributed by atoms with Crippen LogP contribution in [-0.4, -0.2) is 6.54 Å². The van der Waals surface area contributed by atoms with Crippen molar-refractivity contribution in [3.63, 3.8) is 0 Å². The summed E-state index contributed by atoms with van der Waals surface area (Å²) in [6.45, 7) is 6.52. The first-order valence-corrected chi connectivity index (χ1v) is 6.63. The van der Waals surface area contributed by atoms with E-state index in [9.17, 15) is 0 Å². The summed E-state index contributed by atoms with van der Waals surface area (Å²) in [5.74, 6) is 1.68. The molecule has 2 aromatic rings. The molecule has 0 aliphatic rings. The third-order valence-electron chi connectivity index (χ3n) is 2.67. The van der Waals surface area contributed by atoms with Gasteiger partial charge in [0, 0.05) is 12.2 Å². The van der Waals surface area contributed by atoms with Crippen molar-refractivity contribution in [3.05, 3.63) is 78.5 Å². The van der Waals surface area contributed by atoms with Gasteiger partial charge < -0.3 is 10.1 Å². The van der Waals surface area contributed by atoms with Crippen molar-refractivity contribution in [2.75, 3.05) is 6.54 Å². The quantitative estimate of drug-likeness (QED) is 0.823. The molecule has 0 radical (unpaired) electrons. The molecule has 2 aromatic carbocycles. The predicted octanol–water partition coefficient (Wildman–Crippen LogP) is 4.62. The largest absolute Gasteiger partial charge is 0.457 e. The van der Waals surface area contributed by atoms with E-state index in [4.69, 9.17) is 4.74 Å². The molecule has 0 bridgehead atoms. The van der Waals surface area contributed by atoms with E-state index in [1.165, 1.54) is 0 Å². The number of rotatable bonds is 6. The highest BCUT2D eigenvalue weighted by Gasteiger charge is 1.96. The molecule has 102 valence electrons. The molecule has 0 amide bonds. The zero-order chi connectivity index (χ0) is 14.2. The summed E-state index contributed by atoms with van der Waals surface area (Å²) in [4.78, 5) is 0. The van der Waals surface area contributed by atoms with Crippen molar-refractivity contribution in [1.29, 1.82) is 0 Å². The number of nitrogens with one attached hydrogen (secondary N) is 1. The van der Waals surface area contributed by atoms with E-state index in [-0.39, 0.29) is 0 Å². The van der Waals surface area contributed by atoms with Gasteiger partial charge in [-0.1, -0.05) is 49.1 Å². The molecule has 0 atom stereocenters. The molecule has 0 fully saturated rings. The average Bonchev–Trinajstić information content (AvgIpc) is 2.45. The zero-order valence-electron chi connectivity index (χ0n) is 11.7. The van der Waals surface area contributed by atoms with Crippen molar-refractivity contribution in [1.82, 2.24) is 5.32 Å². The van der Waals surface area contributed by atoms with E-state index < -0.39 is 0 Å². The van der Waals surface area contributed by atoms with Gasteiger partial charge in [-0.3, -0.25) is 0 Å². The number of allylic oxidation sites excluding steroid dienone is 1. The van der Waals surface area contributed by atoms with Crippen LogP contribution >= 0.6 is 0 Å². The molecule has 2 heteroatoms. The smallest absolute Gasteiger partial charge is 0.128 e.